The van der Waals surface area contributed by atoms with Gasteiger partial charge in [0.25, 0.3) is 0 Å². The summed E-state index contributed by atoms with van der Waals surface area (Å²) in [5.74, 6) is -1.37. The van der Waals surface area contributed by atoms with E-state index in [0.717, 1.165) is 42.3 Å². The molecule has 1 atom stereocenters. The summed E-state index contributed by atoms with van der Waals surface area (Å²) in [6.07, 6.45) is 6.51. The molecule has 1 aliphatic heterocycles. The zero-order valence-corrected chi connectivity index (χ0v) is 18.6. The second-order valence-corrected chi connectivity index (χ2v) is 8.88. The Morgan fingerprint density at radius 3 is 2.62 bits per heavy atom. The van der Waals surface area contributed by atoms with Crippen molar-refractivity contribution < 1.29 is 14.4 Å². The van der Waals surface area contributed by atoms with Crippen LogP contribution in [0.1, 0.15) is 58.3 Å². The Morgan fingerprint density at radius 2 is 1.93 bits per heavy atom. The zero-order valence-electron chi connectivity index (χ0n) is 17.0. The van der Waals surface area contributed by atoms with E-state index in [2.05, 4.69) is 33.5 Å². The summed E-state index contributed by atoms with van der Waals surface area (Å²) in [5, 5.41) is 6.00. The van der Waals surface area contributed by atoms with Gasteiger partial charge in [-0.05, 0) is 53.7 Å². The van der Waals surface area contributed by atoms with Gasteiger partial charge in [0, 0.05) is 17.6 Å². The van der Waals surface area contributed by atoms with Crippen molar-refractivity contribution in [2.24, 2.45) is 5.92 Å². The minimum atomic E-state index is -0.885. The number of hydrogen-bond donors (Lipinski definition) is 2. The number of carbonyl (C=O) groups is 3. The lowest BCUT2D eigenvalue weighted by Crippen LogP contribution is -2.61. The van der Waals surface area contributed by atoms with Crippen molar-refractivity contribution in [2.75, 3.05) is 18.0 Å². The van der Waals surface area contributed by atoms with Crippen LogP contribution in [0.15, 0.2) is 28.7 Å². The highest BCUT2D eigenvalue weighted by Gasteiger charge is 2.45. The van der Waals surface area contributed by atoms with Crippen molar-refractivity contribution in [1.82, 2.24) is 10.6 Å². The molecular weight excluding hydrogens is 434 g/mol. The van der Waals surface area contributed by atoms with Gasteiger partial charge in [0.2, 0.25) is 17.7 Å². The average Bonchev–Trinajstić information content (AvgIpc) is 3.10. The van der Waals surface area contributed by atoms with Crippen molar-refractivity contribution >= 4 is 39.3 Å². The predicted molar refractivity (Wildman–Crippen MR) is 116 cm³/mol. The monoisotopic (exact) mass is 463 g/mol. The molecule has 2 N–H and O–H groups in total. The number of hydrogen-bond acceptors (Lipinski definition) is 3. The third kappa shape index (κ3) is 4.82. The van der Waals surface area contributed by atoms with Crippen molar-refractivity contribution in [3.8, 4) is 0 Å². The predicted octanol–water partition coefficient (Wildman–Crippen LogP) is 3.54. The molecule has 1 unspecified atom stereocenters. The zero-order chi connectivity index (χ0) is 20.9. The minimum absolute atomic E-state index is 0.105. The summed E-state index contributed by atoms with van der Waals surface area (Å²) < 4.78 is 0.827. The number of nitrogens with zero attached hydrogens (tertiary/aromatic N) is 1. The van der Waals surface area contributed by atoms with E-state index in [0.29, 0.717) is 32.4 Å². The first-order valence-corrected chi connectivity index (χ1v) is 11.4. The standard InChI is InChI=1S/C22H30BrN3O3/c1-2-3-14-24-21(29)22(12-7-4-8-13-22)25-19(27)16-11-15-26(20(16)28)18-10-6-5-9-17(18)23/h5-6,9-10,16H,2-4,7-8,11-15H2,1H3,(H,24,29)(H,25,27). The molecule has 6 nitrogen and oxygen atoms in total. The highest BCUT2D eigenvalue weighted by Crippen LogP contribution is 2.33. The lowest BCUT2D eigenvalue weighted by molar-refractivity contribution is -0.139. The second-order valence-electron chi connectivity index (χ2n) is 8.02. The minimum Gasteiger partial charge on any atom is -0.354 e. The fraction of sp³-hybridized carbons (Fsp3) is 0.591. The number of nitrogens with one attached hydrogen (secondary N) is 2. The summed E-state index contributed by atoms with van der Waals surface area (Å²) in [6, 6.07) is 7.51. The van der Waals surface area contributed by atoms with Crippen molar-refractivity contribution in [1.29, 1.82) is 0 Å². The Bertz CT molecular complexity index is 761. The molecule has 0 radical (unpaired) electrons. The quantitative estimate of drug-likeness (QED) is 0.479. The molecule has 0 spiro atoms. The van der Waals surface area contributed by atoms with Gasteiger partial charge in [0.1, 0.15) is 11.5 Å². The van der Waals surface area contributed by atoms with Crippen molar-refractivity contribution in [2.45, 2.75) is 63.8 Å². The molecule has 1 saturated carbocycles. The van der Waals surface area contributed by atoms with Crippen LogP contribution < -0.4 is 15.5 Å². The van der Waals surface area contributed by atoms with E-state index < -0.39 is 11.5 Å². The maximum Gasteiger partial charge on any atom is 0.245 e. The molecule has 3 amide bonds. The van der Waals surface area contributed by atoms with Gasteiger partial charge < -0.3 is 15.5 Å². The van der Waals surface area contributed by atoms with Crippen LogP contribution in [-0.4, -0.2) is 36.3 Å². The molecule has 0 aromatic heterocycles. The summed E-state index contributed by atoms with van der Waals surface area (Å²) in [5.41, 5.74) is -0.109. The van der Waals surface area contributed by atoms with Crippen LogP contribution in [0.3, 0.4) is 0 Å². The highest BCUT2D eigenvalue weighted by atomic mass is 79.9. The Labute approximate surface area is 180 Å². The van der Waals surface area contributed by atoms with Gasteiger partial charge in [-0.1, -0.05) is 44.7 Å². The Balaban J connectivity index is 1.70. The molecular formula is C22H30BrN3O3. The summed E-state index contributed by atoms with van der Waals surface area (Å²) in [4.78, 5) is 40.6. The molecule has 1 aromatic rings. The number of benzene rings is 1. The molecule has 29 heavy (non-hydrogen) atoms. The molecule has 2 fully saturated rings. The van der Waals surface area contributed by atoms with Crippen molar-refractivity contribution in [3.05, 3.63) is 28.7 Å². The van der Waals surface area contributed by atoms with Crippen LogP contribution >= 0.6 is 15.9 Å². The van der Waals surface area contributed by atoms with Gasteiger partial charge in [-0.15, -0.1) is 0 Å². The first kappa shape index (κ1) is 21.8. The van der Waals surface area contributed by atoms with Gasteiger partial charge in [0.15, 0.2) is 0 Å². The Kier molecular flexibility index (Phi) is 7.33. The smallest absolute Gasteiger partial charge is 0.245 e. The number of halogens is 1. The fourth-order valence-corrected chi connectivity index (χ4v) is 4.77. The SMILES string of the molecule is CCCCNC(=O)C1(NC(=O)C2CCN(c3ccccc3Br)C2=O)CCCCC1. The molecule has 7 heteroatoms. The van der Waals surface area contributed by atoms with Crippen LogP contribution in [-0.2, 0) is 14.4 Å². The van der Waals surface area contributed by atoms with Gasteiger partial charge in [0.05, 0.1) is 5.69 Å². The van der Waals surface area contributed by atoms with E-state index in [1.165, 1.54) is 0 Å². The van der Waals surface area contributed by atoms with Gasteiger partial charge >= 0.3 is 0 Å². The van der Waals surface area contributed by atoms with Gasteiger partial charge in [-0.2, -0.15) is 0 Å². The fourth-order valence-electron chi connectivity index (χ4n) is 4.27. The molecule has 1 aliphatic carbocycles. The number of unbranched alkanes of at least 4 members (excludes halogenated alkanes) is 1. The molecule has 1 aromatic carbocycles. The number of anilines is 1. The highest BCUT2D eigenvalue weighted by molar-refractivity contribution is 9.10. The Hall–Kier alpha value is -1.89. The van der Waals surface area contributed by atoms with Crippen LogP contribution in [0.25, 0.3) is 0 Å². The van der Waals surface area contributed by atoms with Crippen LogP contribution in [0.4, 0.5) is 5.69 Å². The van der Waals surface area contributed by atoms with Crippen molar-refractivity contribution in [3.63, 3.8) is 0 Å². The first-order valence-electron chi connectivity index (χ1n) is 10.6. The first-order chi connectivity index (χ1) is 14.0. The maximum absolute atomic E-state index is 13.1. The maximum atomic E-state index is 13.1. The number of carbonyl (C=O) groups excluding carboxylic acids is 3. The number of para-hydroxylation sites is 1. The van der Waals surface area contributed by atoms with E-state index in [1.807, 2.05) is 24.3 Å². The van der Waals surface area contributed by atoms with Crippen LogP contribution in [0, 0.1) is 5.92 Å². The van der Waals surface area contributed by atoms with Crippen LogP contribution in [0.5, 0.6) is 0 Å². The number of rotatable bonds is 7. The van der Waals surface area contributed by atoms with Gasteiger partial charge in [-0.3, -0.25) is 14.4 Å². The number of amides is 3. The van der Waals surface area contributed by atoms with E-state index in [9.17, 15) is 14.4 Å². The molecule has 1 saturated heterocycles. The third-order valence-electron chi connectivity index (χ3n) is 5.99. The molecule has 2 aliphatic rings. The van der Waals surface area contributed by atoms with E-state index in [-0.39, 0.29) is 17.7 Å². The van der Waals surface area contributed by atoms with E-state index in [4.69, 9.17) is 0 Å². The Morgan fingerprint density at radius 1 is 1.21 bits per heavy atom. The molecule has 158 valence electrons. The molecule has 0 bridgehead atoms. The summed E-state index contributed by atoms with van der Waals surface area (Å²) in [7, 11) is 0. The summed E-state index contributed by atoms with van der Waals surface area (Å²) in [6.45, 7) is 3.19. The lowest BCUT2D eigenvalue weighted by Gasteiger charge is -2.37. The van der Waals surface area contributed by atoms with Gasteiger partial charge in [-0.25, -0.2) is 0 Å². The normalized spacial score (nSPS) is 21.1. The third-order valence-corrected chi connectivity index (χ3v) is 6.66. The van der Waals surface area contributed by atoms with E-state index >= 15 is 0 Å². The molecule has 1 heterocycles. The largest absolute Gasteiger partial charge is 0.354 e. The molecule has 3 rings (SSSR count). The summed E-state index contributed by atoms with van der Waals surface area (Å²) >= 11 is 3.48. The topological polar surface area (TPSA) is 78.5 Å². The van der Waals surface area contributed by atoms with Crippen LogP contribution in [0.2, 0.25) is 0 Å². The second kappa shape index (κ2) is 9.74. The van der Waals surface area contributed by atoms with E-state index in [1.54, 1.807) is 4.90 Å². The lowest BCUT2D eigenvalue weighted by atomic mass is 9.80. The average molecular weight is 464 g/mol.